The lowest BCUT2D eigenvalue weighted by molar-refractivity contribution is -0.142. The van der Waals surface area contributed by atoms with Crippen LogP contribution < -0.4 is 5.32 Å². The molecule has 0 saturated carbocycles. The van der Waals surface area contributed by atoms with Gasteiger partial charge in [-0.05, 0) is 32.4 Å². The van der Waals surface area contributed by atoms with E-state index in [0.717, 1.165) is 18.4 Å². The predicted molar refractivity (Wildman–Crippen MR) is 110 cm³/mol. The lowest BCUT2D eigenvalue weighted by Gasteiger charge is -2.32. The van der Waals surface area contributed by atoms with E-state index in [1.54, 1.807) is 0 Å². The number of esters is 2. The van der Waals surface area contributed by atoms with Crippen LogP contribution in [-0.2, 0) is 35.1 Å². The molecule has 0 bridgehead atoms. The van der Waals surface area contributed by atoms with Gasteiger partial charge < -0.3 is 14.8 Å². The number of hydrogen-bond acceptors (Lipinski definition) is 7. The molecule has 1 heterocycles. The minimum Gasteiger partial charge on any atom is -0.463 e. The summed E-state index contributed by atoms with van der Waals surface area (Å²) < 4.78 is 75.6. The molecule has 7 nitrogen and oxygen atoms in total. The smallest absolute Gasteiger partial charge is 0.416 e. The van der Waals surface area contributed by atoms with Crippen molar-refractivity contribution < 1.29 is 40.7 Å². The highest BCUT2D eigenvalue weighted by Crippen LogP contribution is 2.44. The van der Waals surface area contributed by atoms with Crippen LogP contribution in [0, 0.1) is 0 Å². The van der Waals surface area contributed by atoms with Crippen molar-refractivity contribution in [3.05, 3.63) is 57.9 Å². The molecule has 1 unspecified atom stereocenters. The van der Waals surface area contributed by atoms with Gasteiger partial charge in [0.2, 0.25) is 0 Å². The second-order valence-electron chi connectivity index (χ2n) is 7.08. The highest BCUT2D eigenvalue weighted by molar-refractivity contribution is 7.90. The van der Waals surface area contributed by atoms with E-state index in [1.807, 2.05) is 0 Å². The van der Waals surface area contributed by atoms with Crippen LogP contribution >= 0.6 is 0 Å². The Labute approximate surface area is 184 Å². The minimum atomic E-state index is -4.80. The van der Waals surface area contributed by atoms with E-state index in [1.165, 1.54) is 32.9 Å². The Bertz CT molecular complexity index is 1070. The quantitative estimate of drug-likeness (QED) is 0.605. The summed E-state index contributed by atoms with van der Waals surface area (Å²) >= 11 is 0. The van der Waals surface area contributed by atoms with Gasteiger partial charge in [0.05, 0.1) is 41.6 Å². The van der Waals surface area contributed by atoms with Gasteiger partial charge in [0.1, 0.15) is 0 Å². The van der Waals surface area contributed by atoms with Gasteiger partial charge in [0, 0.05) is 17.6 Å². The first-order valence-electron chi connectivity index (χ1n) is 9.70. The second kappa shape index (κ2) is 9.76. The molecule has 1 atom stereocenters. The first-order valence-corrected chi connectivity index (χ1v) is 11.8. The van der Waals surface area contributed by atoms with E-state index < -0.39 is 50.7 Å². The van der Waals surface area contributed by atoms with Crippen LogP contribution in [0.2, 0.25) is 0 Å². The fourth-order valence-electron chi connectivity index (χ4n) is 3.52. The molecule has 1 aromatic carbocycles. The summed E-state index contributed by atoms with van der Waals surface area (Å²) in [4.78, 5) is 25.7. The van der Waals surface area contributed by atoms with E-state index >= 15 is 0 Å². The molecule has 0 saturated heterocycles. The number of allylic oxidation sites excluding steroid dienone is 1. The number of dihydropyridines is 1. The van der Waals surface area contributed by atoms with Crippen LogP contribution in [0.5, 0.6) is 0 Å². The van der Waals surface area contributed by atoms with E-state index in [2.05, 4.69) is 5.32 Å². The van der Waals surface area contributed by atoms with Gasteiger partial charge in [-0.1, -0.05) is 18.2 Å². The molecule has 0 fully saturated rings. The molecule has 0 aromatic heterocycles. The normalized spacial score (nSPS) is 17.2. The SMILES string of the molecule is CCOC(=O)C1=C(C)NC(CS(C)(=O)=O)=C(C(=O)OCC)C1c1ccccc1C(F)(F)F. The standard InChI is InChI=1S/C21H24F3NO6S/c1-5-30-19(26)16-12(3)25-15(11-32(4,28)29)18(20(27)31-6-2)17(16)13-9-7-8-10-14(13)21(22,23)24/h7-10,17,25H,5-6,11H2,1-4H3. The van der Waals surface area contributed by atoms with Gasteiger partial charge in [-0.3, -0.25) is 0 Å². The Hall–Kier alpha value is -2.82. The Morgan fingerprint density at radius 2 is 1.56 bits per heavy atom. The lowest BCUT2D eigenvalue weighted by Crippen LogP contribution is -2.36. The highest BCUT2D eigenvalue weighted by atomic mass is 32.2. The molecule has 1 aliphatic heterocycles. The van der Waals surface area contributed by atoms with Gasteiger partial charge in [0.15, 0.2) is 9.84 Å². The fraction of sp³-hybridized carbons (Fsp3) is 0.429. The van der Waals surface area contributed by atoms with Crippen molar-refractivity contribution in [2.24, 2.45) is 0 Å². The van der Waals surface area contributed by atoms with Crippen molar-refractivity contribution in [2.75, 3.05) is 25.2 Å². The Balaban J connectivity index is 2.92. The van der Waals surface area contributed by atoms with Gasteiger partial charge >= 0.3 is 18.1 Å². The zero-order valence-electron chi connectivity index (χ0n) is 18.0. The van der Waals surface area contributed by atoms with Crippen molar-refractivity contribution in [1.82, 2.24) is 5.32 Å². The predicted octanol–water partition coefficient (Wildman–Crippen LogP) is 3.09. The molecular formula is C21H24F3NO6S. The third-order valence-corrected chi connectivity index (χ3v) is 5.43. The number of sulfone groups is 1. The first kappa shape index (κ1) is 25.4. The Morgan fingerprint density at radius 3 is 2.06 bits per heavy atom. The third kappa shape index (κ3) is 5.70. The number of hydrogen-bond donors (Lipinski definition) is 1. The molecule has 0 amide bonds. The monoisotopic (exact) mass is 475 g/mol. The van der Waals surface area contributed by atoms with Crippen LogP contribution in [0.1, 0.15) is 37.8 Å². The van der Waals surface area contributed by atoms with Crippen LogP contribution in [0.3, 0.4) is 0 Å². The second-order valence-corrected chi connectivity index (χ2v) is 9.23. The lowest BCUT2D eigenvalue weighted by atomic mass is 9.78. The van der Waals surface area contributed by atoms with Crippen molar-refractivity contribution in [3.63, 3.8) is 0 Å². The average Bonchev–Trinajstić information content (AvgIpc) is 2.65. The molecule has 2 rings (SSSR count). The fourth-order valence-corrected chi connectivity index (χ4v) is 4.27. The molecule has 0 radical (unpaired) electrons. The number of nitrogens with one attached hydrogen (secondary N) is 1. The number of carbonyl (C=O) groups excluding carboxylic acids is 2. The molecule has 1 aliphatic rings. The Morgan fingerprint density at radius 1 is 1.03 bits per heavy atom. The van der Waals surface area contributed by atoms with Gasteiger partial charge in [-0.15, -0.1) is 0 Å². The van der Waals surface area contributed by atoms with Crippen LogP contribution in [-0.4, -0.2) is 45.6 Å². The maximum atomic E-state index is 13.8. The summed E-state index contributed by atoms with van der Waals surface area (Å²) in [5.74, 6) is -4.18. The first-order chi connectivity index (χ1) is 14.8. The molecule has 11 heteroatoms. The molecule has 32 heavy (non-hydrogen) atoms. The summed E-state index contributed by atoms with van der Waals surface area (Å²) in [6, 6.07) is 4.49. The van der Waals surface area contributed by atoms with Gasteiger partial charge in [0.25, 0.3) is 0 Å². The van der Waals surface area contributed by atoms with Crippen molar-refractivity contribution in [2.45, 2.75) is 32.9 Å². The van der Waals surface area contributed by atoms with Gasteiger partial charge in [-0.25, -0.2) is 18.0 Å². The molecular weight excluding hydrogens is 451 g/mol. The maximum absolute atomic E-state index is 13.8. The summed E-state index contributed by atoms with van der Waals surface area (Å²) in [5, 5.41) is 2.71. The highest BCUT2D eigenvalue weighted by Gasteiger charge is 2.44. The van der Waals surface area contributed by atoms with Crippen LogP contribution in [0.4, 0.5) is 13.2 Å². The van der Waals surface area contributed by atoms with Crippen molar-refractivity contribution in [3.8, 4) is 0 Å². The van der Waals surface area contributed by atoms with E-state index in [9.17, 15) is 31.2 Å². The number of rotatable bonds is 7. The van der Waals surface area contributed by atoms with Gasteiger partial charge in [-0.2, -0.15) is 13.2 Å². The zero-order chi connectivity index (χ0) is 24.3. The summed E-state index contributed by atoms with van der Waals surface area (Å²) in [6.45, 7) is 4.26. The van der Waals surface area contributed by atoms with E-state index in [-0.39, 0.29) is 35.8 Å². The van der Waals surface area contributed by atoms with Crippen LogP contribution in [0.15, 0.2) is 46.8 Å². The van der Waals surface area contributed by atoms with E-state index in [4.69, 9.17) is 9.47 Å². The largest absolute Gasteiger partial charge is 0.463 e. The maximum Gasteiger partial charge on any atom is 0.416 e. The Kier molecular flexibility index (Phi) is 7.76. The average molecular weight is 475 g/mol. The van der Waals surface area contributed by atoms with E-state index in [0.29, 0.717) is 0 Å². The summed E-state index contributed by atoms with van der Waals surface area (Å²) in [6.07, 6.45) is -3.88. The third-order valence-electron chi connectivity index (χ3n) is 4.62. The van der Waals surface area contributed by atoms with Crippen molar-refractivity contribution in [1.29, 1.82) is 0 Å². The minimum absolute atomic E-state index is 0.0576. The molecule has 0 aliphatic carbocycles. The molecule has 0 spiro atoms. The number of carbonyl (C=O) groups is 2. The van der Waals surface area contributed by atoms with Crippen molar-refractivity contribution >= 4 is 21.8 Å². The molecule has 1 N–H and O–H groups in total. The summed E-state index contributed by atoms with van der Waals surface area (Å²) in [5.41, 5.74) is -2.15. The summed E-state index contributed by atoms with van der Waals surface area (Å²) in [7, 11) is -3.71. The number of ether oxygens (including phenoxy) is 2. The number of alkyl halides is 3. The topological polar surface area (TPSA) is 98.8 Å². The zero-order valence-corrected chi connectivity index (χ0v) is 18.8. The molecule has 1 aromatic rings. The molecule has 176 valence electrons. The van der Waals surface area contributed by atoms with Crippen LogP contribution in [0.25, 0.3) is 0 Å². The number of benzene rings is 1. The number of halogens is 3.